The van der Waals surface area contributed by atoms with Gasteiger partial charge in [-0.25, -0.2) is 0 Å². The number of nitrogens with two attached hydrogens (primary N) is 1. The maximum absolute atomic E-state index is 13.1. The predicted molar refractivity (Wildman–Crippen MR) is 117 cm³/mol. The number of carbonyl (C=O) groups excluding carboxylic acids is 2. The number of para-hydroxylation sites is 1. The lowest BCUT2D eigenvalue weighted by atomic mass is 9.93. The van der Waals surface area contributed by atoms with Crippen molar-refractivity contribution in [1.82, 2.24) is 4.90 Å². The molecule has 0 heterocycles. The molecule has 0 spiro atoms. The fraction of sp³-hybridized carbons (Fsp3) is 0.417. The summed E-state index contributed by atoms with van der Waals surface area (Å²) in [7, 11) is 1.87. The van der Waals surface area contributed by atoms with Gasteiger partial charge in [0.15, 0.2) is 0 Å². The molecule has 5 heteroatoms. The van der Waals surface area contributed by atoms with Gasteiger partial charge >= 0.3 is 0 Å². The molecule has 1 aliphatic carbocycles. The molecule has 154 valence electrons. The molecule has 0 saturated heterocycles. The van der Waals surface area contributed by atoms with Crippen LogP contribution in [0.5, 0.6) is 0 Å². The second-order valence-corrected chi connectivity index (χ2v) is 7.97. The standard InChI is InChI=1S/C24H31N3O2/c1-17(22(25)18-11-5-3-6-12-18)23(28)26-21-16-10-9-15-20(21)24(29)27(2)19-13-7-4-8-14-19/h3,5-6,9-12,15-17,19,22H,4,7-8,13-14,25H2,1-2H3,(H,26,28). The SMILES string of the molecule is CC(C(=O)Nc1ccccc1C(=O)N(C)C1CCCCC1)C(N)c1ccccc1. The molecule has 1 aliphatic rings. The number of anilines is 1. The van der Waals surface area contributed by atoms with Gasteiger partial charge in [-0.05, 0) is 30.5 Å². The first-order valence-corrected chi connectivity index (χ1v) is 10.5. The van der Waals surface area contributed by atoms with Gasteiger partial charge in [0.25, 0.3) is 5.91 Å². The summed E-state index contributed by atoms with van der Waals surface area (Å²) in [6.45, 7) is 1.81. The molecule has 2 unspecified atom stereocenters. The zero-order chi connectivity index (χ0) is 20.8. The Morgan fingerprint density at radius 2 is 1.62 bits per heavy atom. The van der Waals surface area contributed by atoms with Crippen molar-refractivity contribution in [3.05, 3.63) is 65.7 Å². The molecule has 2 atom stereocenters. The second kappa shape index (κ2) is 9.70. The Bertz CT molecular complexity index is 831. The number of benzene rings is 2. The summed E-state index contributed by atoms with van der Waals surface area (Å²) >= 11 is 0. The fourth-order valence-electron chi connectivity index (χ4n) is 3.98. The van der Waals surface area contributed by atoms with Gasteiger partial charge in [0.05, 0.1) is 17.2 Å². The van der Waals surface area contributed by atoms with E-state index >= 15 is 0 Å². The van der Waals surface area contributed by atoms with Crippen LogP contribution in [0.2, 0.25) is 0 Å². The minimum atomic E-state index is -0.434. The van der Waals surface area contributed by atoms with Crippen molar-refractivity contribution in [3.63, 3.8) is 0 Å². The lowest BCUT2D eigenvalue weighted by Crippen LogP contribution is -2.39. The molecule has 3 rings (SSSR count). The average Bonchev–Trinajstić information content (AvgIpc) is 2.78. The highest BCUT2D eigenvalue weighted by Gasteiger charge is 2.26. The van der Waals surface area contributed by atoms with E-state index < -0.39 is 12.0 Å². The van der Waals surface area contributed by atoms with E-state index in [0.717, 1.165) is 31.2 Å². The Morgan fingerprint density at radius 3 is 2.31 bits per heavy atom. The molecule has 3 N–H and O–H groups in total. The van der Waals surface area contributed by atoms with Crippen LogP contribution < -0.4 is 11.1 Å². The van der Waals surface area contributed by atoms with Gasteiger partial charge in [0.1, 0.15) is 0 Å². The largest absolute Gasteiger partial charge is 0.339 e. The smallest absolute Gasteiger partial charge is 0.255 e. The molecule has 0 bridgehead atoms. The highest BCUT2D eigenvalue weighted by Crippen LogP contribution is 2.26. The van der Waals surface area contributed by atoms with Crippen LogP contribution >= 0.6 is 0 Å². The highest BCUT2D eigenvalue weighted by molar-refractivity contribution is 6.04. The van der Waals surface area contributed by atoms with Crippen molar-refractivity contribution in [2.45, 2.75) is 51.1 Å². The van der Waals surface area contributed by atoms with Gasteiger partial charge in [-0.2, -0.15) is 0 Å². The number of hydrogen-bond acceptors (Lipinski definition) is 3. The minimum Gasteiger partial charge on any atom is -0.339 e. The van der Waals surface area contributed by atoms with Crippen molar-refractivity contribution < 1.29 is 9.59 Å². The molecule has 1 fully saturated rings. The first-order chi connectivity index (χ1) is 14.0. The summed E-state index contributed by atoms with van der Waals surface area (Å²) in [5, 5.41) is 2.93. The molecule has 2 aromatic carbocycles. The summed E-state index contributed by atoms with van der Waals surface area (Å²) < 4.78 is 0. The van der Waals surface area contributed by atoms with Gasteiger partial charge < -0.3 is 16.0 Å². The van der Waals surface area contributed by atoms with Crippen LogP contribution in [-0.2, 0) is 4.79 Å². The zero-order valence-corrected chi connectivity index (χ0v) is 17.3. The third-order valence-corrected chi connectivity index (χ3v) is 5.99. The van der Waals surface area contributed by atoms with Gasteiger partial charge in [-0.1, -0.05) is 68.7 Å². The molecule has 29 heavy (non-hydrogen) atoms. The maximum Gasteiger partial charge on any atom is 0.255 e. The molecular weight excluding hydrogens is 362 g/mol. The molecular formula is C24H31N3O2. The summed E-state index contributed by atoms with van der Waals surface area (Å²) in [6, 6.07) is 16.7. The van der Waals surface area contributed by atoms with E-state index in [2.05, 4.69) is 5.32 Å². The van der Waals surface area contributed by atoms with Crippen LogP contribution in [0.25, 0.3) is 0 Å². The van der Waals surface area contributed by atoms with E-state index in [9.17, 15) is 9.59 Å². The fourth-order valence-corrected chi connectivity index (χ4v) is 3.98. The molecule has 2 aromatic rings. The van der Waals surface area contributed by atoms with Crippen molar-refractivity contribution >= 4 is 17.5 Å². The molecule has 2 amide bonds. The minimum absolute atomic E-state index is 0.0483. The summed E-state index contributed by atoms with van der Waals surface area (Å²) in [6.07, 6.45) is 5.65. The zero-order valence-electron chi connectivity index (χ0n) is 17.3. The van der Waals surface area contributed by atoms with Crippen molar-refractivity contribution in [3.8, 4) is 0 Å². The van der Waals surface area contributed by atoms with Crippen molar-refractivity contribution in [1.29, 1.82) is 0 Å². The van der Waals surface area contributed by atoms with E-state index in [1.54, 1.807) is 12.1 Å². The third kappa shape index (κ3) is 5.04. The Hall–Kier alpha value is -2.66. The molecule has 0 aliphatic heterocycles. The number of rotatable bonds is 6. The highest BCUT2D eigenvalue weighted by atomic mass is 16.2. The number of carbonyl (C=O) groups is 2. The van der Waals surface area contributed by atoms with E-state index in [0.29, 0.717) is 11.3 Å². The number of nitrogens with one attached hydrogen (secondary N) is 1. The summed E-state index contributed by atoms with van der Waals surface area (Å²) in [4.78, 5) is 27.8. The Morgan fingerprint density at radius 1 is 1.00 bits per heavy atom. The lowest BCUT2D eigenvalue weighted by Gasteiger charge is -2.31. The summed E-state index contributed by atoms with van der Waals surface area (Å²) in [5.41, 5.74) is 8.28. The predicted octanol–water partition coefficient (Wildman–Crippen LogP) is 4.37. The Balaban J connectivity index is 1.72. The molecule has 0 radical (unpaired) electrons. The Labute approximate surface area is 173 Å². The topological polar surface area (TPSA) is 75.4 Å². The van der Waals surface area contributed by atoms with Gasteiger partial charge in [-0.3, -0.25) is 9.59 Å². The average molecular weight is 394 g/mol. The Kier molecular flexibility index (Phi) is 7.04. The monoisotopic (exact) mass is 393 g/mol. The van der Waals surface area contributed by atoms with Gasteiger partial charge in [0, 0.05) is 19.1 Å². The van der Waals surface area contributed by atoms with E-state index in [1.165, 1.54) is 6.42 Å². The summed E-state index contributed by atoms with van der Waals surface area (Å²) in [5.74, 6) is -0.675. The number of amides is 2. The van der Waals surface area contributed by atoms with Gasteiger partial charge in [0.2, 0.25) is 5.91 Å². The lowest BCUT2D eigenvalue weighted by molar-refractivity contribution is -0.120. The van der Waals surface area contributed by atoms with Crippen LogP contribution in [0.3, 0.4) is 0 Å². The molecule has 0 aromatic heterocycles. The third-order valence-electron chi connectivity index (χ3n) is 5.99. The van der Waals surface area contributed by atoms with E-state index in [1.807, 2.05) is 61.3 Å². The van der Waals surface area contributed by atoms with Gasteiger partial charge in [-0.15, -0.1) is 0 Å². The maximum atomic E-state index is 13.1. The van der Waals surface area contributed by atoms with E-state index in [4.69, 9.17) is 5.73 Å². The van der Waals surface area contributed by atoms with E-state index in [-0.39, 0.29) is 17.9 Å². The first-order valence-electron chi connectivity index (χ1n) is 10.5. The van der Waals surface area contributed by atoms with Crippen LogP contribution in [0, 0.1) is 5.92 Å². The number of nitrogens with zero attached hydrogens (tertiary/aromatic N) is 1. The molecule has 1 saturated carbocycles. The van der Waals surface area contributed by atoms with Crippen LogP contribution in [0.4, 0.5) is 5.69 Å². The van der Waals surface area contributed by atoms with Crippen molar-refractivity contribution in [2.24, 2.45) is 11.7 Å². The number of hydrogen-bond donors (Lipinski definition) is 2. The second-order valence-electron chi connectivity index (χ2n) is 7.97. The first kappa shape index (κ1) is 21.1. The molecule has 5 nitrogen and oxygen atoms in total. The van der Waals surface area contributed by atoms with Crippen LogP contribution in [0.15, 0.2) is 54.6 Å². The normalized spacial score (nSPS) is 16.7. The van der Waals surface area contributed by atoms with Crippen LogP contribution in [-0.4, -0.2) is 29.8 Å². The van der Waals surface area contributed by atoms with Crippen LogP contribution in [0.1, 0.15) is 61.0 Å². The quantitative estimate of drug-likeness (QED) is 0.765. The van der Waals surface area contributed by atoms with Crippen molar-refractivity contribution in [2.75, 3.05) is 12.4 Å².